The second-order valence-electron chi connectivity index (χ2n) is 3.89. The first-order valence-electron chi connectivity index (χ1n) is 5.32. The van der Waals surface area contributed by atoms with Gasteiger partial charge in [0.05, 0.1) is 13.0 Å². The summed E-state index contributed by atoms with van der Waals surface area (Å²) >= 11 is 0. The van der Waals surface area contributed by atoms with Crippen molar-refractivity contribution in [1.82, 2.24) is 4.90 Å². The Hall–Kier alpha value is -0.570. The van der Waals surface area contributed by atoms with E-state index in [1.165, 1.54) is 20.0 Å². The summed E-state index contributed by atoms with van der Waals surface area (Å²) < 4.78 is 4.72. The molecule has 0 aliphatic rings. The molecule has 0 fully saturated rings. The molecule has 0 saturated carbocycles. The van der Waals surface area contributed by atoms with Crippen LogP contribution in [0.1, 0.15) is 33.6 Å². The van der Waals surface area contributed by atoms with Crippen molar-refractivity contribution in [2.45, 2.75) is 39.7 Å². The van der Waals surface area contributed by atoms with Crippen LogP contribution in [0.3, 0.4) is 0 Å². The third-order valence-electron chi connectivity index (χ3n) is 2.86. The minimum atomic E-state index is -0.124. The normalized spacial score (nSPS) is 15.3. The second kappa shape index (κ2) is 6.82. The minimum absolute atomic E-state index is 0.0538. The van der Waals surface area contributed by atoms with E-state index in [0.29, 0.717) is 0 Å². The van der Waals surface area contributed by atoms with Gasteiger partial charge in [-0.1, -0.05) is 20.3 Å². The molecule has 2 atom stereocenters. The van der Waals surface area contributed by atoms with Crippen LogP contribution in [0.4, 0.5) is 0 Å². The second-order valence-corrected chi connectivity index (χ2v) is 3.89. The third-order valence-corrected chi connectivity index (χ3v) is 2.86. The SMILES string of the molecule is CCCCN(C)C(C)C(C)C(=O)OC. The molecule has 84 valence electrons. The fourth-order valence-electron chi connectivity index (χ4n) is 1.38. The molecular weight excluding hydrogens is 178 g/mol. The van der Waals surface area contributed by atoms with Gasteiger partial charge in [-0.3, -0.25) is 4.79 Å². The number of methoxy groups -OCH3 is 1. The van der Waals surface area contributed by atoms with Crippen LogP contribution in [0.25, 0.3) is 0 Å². The Balaban J connectivity index is 4.02. The smallest absolute Gasteiger partial charge is 0.309 e. The van der Waals surface area contributed by atoms with Gasteiger partial charge in [-0.15, -0.1) is 0 Å². The van der Waals surface area contributed by atoms with Crippen LogP contribution in [0.2, 0.25) is 0 Å². The molecule has 14 heavy (non-hydrogen) atoms. The number of carbonyl (C=O) groups is 1. The molecule has 0 aliphatic heterocycles. The van der Waals surface area contributed by atoms with E-state index in [9.17, 15) is 4.79 Å². The minimum Gasteiger partial charge on any atom is -0.469 e. The van der Waals surface area contributed by atoms with Gasteiger partial charge in [0.15, 0.2) is 0 Å². The van der Waals surface area contributed by atoms with E-state index in [4.69, 9.17) is 4.74 Å². The molecule has 0 amide bonds. The van der Waals surface area contributed by atoms with Crippen molar-refractivity contribution in [2.75, 3.05) is 20.7 Å². The van der Waals surface area contributed by atoms with Crippen molar-refractivity contribution in [3.05, 3.63) is 0 Å². The Morgan fingerprint density at radius 3 is 2.43 bits per heavy atom. The maximum Gasteiger partial charge on any atom is 0.309 e. The van der Waals surface area contributed by atoms with Crippen LogP contribution < -0.4 is 0 Å². The highest BCUT2D eigenvalue weighted by Gasteiger charge is 2.23. The van der Waals surface area contributed by atoms with Crippen LogP contribution in [0.15, 0.2) is 0 Å². The predicted molar refractivity (Wildman–Crippen MR) is 58.2 cm³/mol. The molecule has 2 unspecified atom stereocenters. The number of unbranched alkanes of at least 4 members (excludes halogenated alkanes) is 1. The lowest BCUT2D eigenvalue weighted by atomic mass is 10.0. The molecule has 3 heteroatoms. The molecule has 0 heterocycles. The van der Waals surface area contributed by atoms with Crippen molar-refractivity contribution >= 4 is 5.97 Å². The van der Waals surface area contributed by atoms with E-state index >= 15 is 0 Å². The molecule has 3 nitrogen and oxygen atoms in total. The van der Waals surface area contributed by atoms with Gasteiger partial charge in [-0.25, -0.2) is 0 Å². The van der Waals surface area contributed by atoms with Crippen molar-refractivity contribution in [3.63, 3.8) is 0 Å². The van der Waals surface area contributed by atoms with Crippen LogP contribution in [-0.4, -0.2) is 37.6 Å². The van der Waals surface area contributed by atoms with Crippen molar-refractivity contribution in [2.24, 2.45) is 5.92 Å². The van der Waals surface area contributed by atoms with Crippen LogP contribution >= 0.6 is 0 Å². The standard InChI is InChI=1S/C11H23NO2/c1-6-7-8-12(4)10(3)9(2)11(13)14-5/h9-10H,6-8H2,1-5H3. The average Bonchev–Trinajstić information content (AvgIpc) is 2.22. The summed E-state index contributed by atoms with van der Waals surface area (Å²) in [5.74, 6) is -0.178. The highest BCUT2D eigenvalue weighted by Crippen LogP contribution is 2.11. The number of ether oxygens (including phenoxy) is 1. The summed E-state index contributed by atoms with van der Waals surface area (Å²) in [6, 6.07) is 0.244. The van der Waals surface area contributed by atoms with Gasteiger partial charge in [-0.05, 0) is 26.9 Å². The van der Waals surface area contributed by atoms with Gasteiger partial charge < -0.3 is 9.64 Å². The number of hydrogen-bond acceptors (Lipinski definition) is 3. The average molecular weight is 201 g/mol. The van der Waals surface area contributed by atoms with Gasteiger partial charge in [0.1, 0.15) is 0 Å². The van der Waals surface area contributed by atoms with Gasteiger partial charge >= 0.3 is 5.97 Å². The summed E-state index contributed by atoms with van der Waals surface area (Å²) in [4.78, 5) is 13.5. The Kier molecular flexibility index (Phi) is 6.54. The monoisotopic (exact) mass is 201 g/mol. The highest BCUT2D eigenvalue weighted by atomic mass is 16.5. The number of hydrogen-bond donors (Lipinski definition) is 0. The number of esters is 1. The topological polar surface area (TPSA) is 29.5 Å². The van der Waals surface area contributed by atoms with Gasteiger partial charge in [0.2, 0.25) is 0 Å². The zero-order chi connectivity index (χ0) is 11.1. The number of carbonyl (C=O) groups excluding carboxylic acids is 1. The number of rotatable bonds is 6. The summed E-state index contributed by atoms with van der Waals surface area (Å²) in [6.07, 6.45) is 2.36. The zero-order valence-corrected chi connectivity index (χ0v) is 10.0. The molecule has 0 aromatic rings. The molecule has 0 bridgehead atoms. The van der Waals surface area contributed by atoms with Crippen LogP contribution in [0.5, 0.6) is 0 Å². The first-order valence-corrected chi connectivity index (χ1v) is 5.32. The molecule has 0 aliphatic carbocycles. The van der Waals surface area contributed by atoms with E-state index in [2.05, 4.69) is 25.8 Å². The zero-order valence-electron chi connectivity index (χ0n) is 10.0. The molecule has 0 saturated heterocycles. The van der Waals surface area contributed by atoms with Crippen LogP contribution in [0, 0.1) is 5.92 Å². The van der Waals surface area contributed by atoms with Crippen molar-refractivity contribution in [3.8, 4) is 0 Å². The predicted octanol–water partition coefficient (Wildman–Crippen LogP) is 1.92. The molecule has 0 N–H and O–H groups in total. The first-order chi connectivity index (χ1) is 6.54. The third kappa shape index (κ3) is 4.09. The lowest BCUT2D eigenvalue weighted by Crippen LogP contribution is -2.38. The van der Waals surface area contributed by atoms with E-state index in [1.54, 1.807) is 0 Å². The molecule has 0 radical (unpaired) electrons. The molecule has 0 spiro atoms. The largest absolute Gasteiger partial charge is 0.469 e. The van der Waals surface area contributed by atoms with Crippen LogP contribution in [-0.2, 0) is 9.53 Å². The van der Waals surface area contributed by atoms with Gasteiger partial charge in [0, 0.05) is 6.04 Å². The molecule has 0 aromatic heterocycles. The Bertz CT molecular complexity index is 171. The maximum atomic E-state index is 11.3. The van der Waals surface area contributed by atoms with E-state index in [-0.39, 0.29) is 17.9 Å². The summed E-state index contributed by atoms with van der Waals surface area (Å²) in [5, 5.41) is 0. The highest BCUT2D eigenvalue weighted by molar-refractivity contribution is 5.72. The maximum absolute atomic E-state index is 11.3. The Morgan fingerprint density at radius 2 is 2.00 bits per heavy atom. The summed E-state index contributed by atoms with van der Waals surface area (Å²) in [5.41, 5.74) is 0. The van der Waals surface area contributed by atoms with E-state index in [0.717, 1.165) is 6.54 Å². The Labute approximate surface area is 87.4 Å². The summed E-state index contributed by atoms with van der Waals surface area (Å²) in [6.45, 7) is 7.19. The number of nitrogens with zero attached hydrogens (tertiary/aromatic N) is 1. The fraction of sp³-hybridized carbons (Fsp3) is 0.909. The molecule has 0 aromatic carbocycles. The van der Waals surface area contributed by atoms with E-state index < -0.39 is 0 Å². The fourth-order valence-corrected chi connectivity index (χ4v) is 1.38. The quantitative estimate of drug-likeness (QED) is 0.615. The van der Waals surface area contributed by atoms with E-state index in [1.807, 2.05) is 6.92 Å². The van der Waals surface area contributed by atoms with Gasteiger partial charge in [0.25, 0.3) is 0 Å². The molecule has 0 rings (SSSR count). The lowest BCUT2D eigenvalue weighted by Gasteiger charge is -2.28. The lowest BCUT2D eigenvalue weighted by molar-refractivity contribution is -0.146. The molecular formula is C11H23NO2. The summed E-state index contributed by atoms with van der Waals surface area (Å²) in [7, 11) is 3.50. The van der Waals surface area contributed by atoms with Crippen molar-refractivity contribution in [1.29, 1.82) is 0 Å². The first kappa shape index (κ1) is 13.4. The van der Waals surface area contributed by atoms with Gasteiger partial charge in [-0.2, -0.15) is 0 Å². The Morgan fingerprint density at radius 1 is 1.43 bits per heavy atom. The van der Waals surface area contributed by atoms with Crippen molar-refractivity contribution < 1.29 is 9.53 Å².